The Kier molecular flexibility index (Phi) is 4.17. The number of carbonyl (C=O) groups is 1. The van der Waals surface area contributed by atoms with Crippen LogP contribution in [0.2, 0.25) is 0 Å². The topological polar surface area (TPSA) is 56.9 Å². The third-order valence-corrected chi connectivity index (χ3v) is 6.23. The number of nitrogens with zero attached hydrogens (tertiary/aromatic N) is 2. The van der Waals surface area contributed by atoms with Crippen LogP contribution in [-0.2, 0) is 10.4 Å². The largest absolute Gasteiger partial charge is 0.466 e. The zero-order valence-electron chi connectivity index (χ0n) is 14.5. The molecule has 5 heteroatoms. The molecule has 1 aromatic rings. The fourth-order valence-electron chi connectivity index (χ4n) is 4.99. The monoisotopic (exact) mass is 332 g/mol. The van der Waals surface area contributed by atoms with E-state index in [0.29, 0.717) is 31.1 Å². The van der Waals surface area contributed by atoms with E-state index in [9.17, 15) is 9.90 Å². The molecule has 1 aromatic heterocycles. The number of aliphatic hydroxyl groups is 1. The smallest absolute Gasteiger partial charge is 0.236 e. The van der Waals surface area contributed by atoms with E-state index < -0.39 is 5.60 Å². The van der Waals surface area contributed by atoms with Crippen molar-refractivity contribution in [2.24, 2.45) is 5.92 Å². The average Bonchev–Trinajstić information content (AvgIpc) is 3.17. The van der Waals surface area contributed by atoms with Gasteiger partial charge in [0.1, 0.15) is 11.4 Å². The number of fused-ring (bicyclic) bond motifs is 2. The third-order valence-electron chi connectivity index (χ3n) is 6.23. The zero-order chi connectivity index (χ0) is 16.7. The van der Waals surface area contributed by atoms with Crippen LogP contribution in [0.15, 0.2) is 22.8 Å². The summed E-state index contributed by atoms with van der Waals surface area (Å²) in [4.78, 5) is 17.1. The maximum atomic E-state index is 12.7. The normalized spacial score (nSPS) is 36.9. The molecule has 1 amide bonds. The molecule has 3 aliphatic heterocycles. The van der Waals surface area contributed by atoms with Gasteiger partial charge in [0.15, 0.2) is 0 Å². The average molecular weight is 332 g/mol. The number of piperidine rings is 2. The van der Waals surface area contributed by atoms with Gasteiger partial charge in [0.05, 0.1) is 12.8 Å². The lowest BCUT2D eigenvalue weighted by Crippen LogP contribution is -2.53. The van der Waals surface area contributed by atoms with Gasteiger partial charge in [-0.1, -0.05) is 6.92 Å². The SMILES string of the molecule is C[C@H]1CCCN(C(=O)CN2[C@@H]3CC[C@@H]2CC(O)(c2ccco2)C3)C1. The summed E-state index contributed by atoms with van der Waals surface area (Å²) in [6.45, 7) is 4.55. The Bertz CT molecular complexity index is 571. The summed E-state index contributed by atoms with van der Waals surface area (Å²) in [5.41, 5.74) is -0.867. The predicted molar refractivity (Wildman–Crippen MR) is 90.3 cm³/mol. The van der Waals surface area contributed by atoms with Crippen molar-refractivity contribution in [3.05, 3.63) is 24.2 Å². The molecule has 4 heterocycles. The van der Waals surface area contributed by atoms with Crippen molar-refractivity contribution in [1.82, 2.24) is 9.80 Å². The van der Waals surface area contributed by atoms with Crippen LogP contribution < -0.4 is 0 Å². The predicted octanol–water partition coefficient (Wildman–Crippen LogP) is 2.35. The van der Waals surface area contributed by atoms with E-state index in [1.807, 2.05) is 17.0 Å². The van der Waals surface area contributed by atoms with E-state index >= 15 is 0 Å². The fourth-order valence-corrected chi connectivity index (χ4v) is 4.99. The van der Waals surface area contributed by atoms with Crippen molar-refractivity contribution >= 4 is 5.91 Å². The Morgan fingerprint density at radius 1 is 1.33 bits per heavy atom. The molecule has 2 bridgehead atoms. The molecule has 132 valence electrons. The highest BCUT2D eigenvalue weighted by Crippen LogP contribution is 2.45. The van der Waals surface area contributed by atoms with E-state index in [4.69, 9.17) is 4.42 Å². The number of hydrogen-bond acceptors (Lipinski definition) is 4. The second-order valence-corrected chi connectivity index (χ2v) is 8.06. The van der Waals surface area contributed by atoms with Crippen molar-refractivity contribution in [3.8, 4) is 0 Å². The number of carbonyl (C=O) groups excluding carboxylic acids is 1. The number of likely N-dealkylation sites (tertiary alicyclic amines) is 1. The van der Waals surface area contributed by atoms with Crippen molar-refractivity contribution < 1.29 is 14.3 Å². The van der Waals surface area contributed by atoms with Crippen LogP contribution >= 0.6 is 0 Å². The van der Waals surface area contributed by atoms with Crippen LogP contribution in [0.3, 0.4) is 0 Å². The lowest BCUT2D eigenvalue weighted by Gasteiger charge is -2.43. The van der Waals surface area contributed by atoms with E-state index in [1.165, 1.54) is 6.42 Å². The summed E-state index contributed by atoms with van der Waals surface area (Å²) in [5, 5.41) is 11.0. The molecule has 24 heavy (non-hydrogen) atoms. The Labute approximate surface area is 143 Å². The van der Waals surface area contributed by atoms with Gasteiger partial charge in [-0.2, -0.15) is 0 Å². The zero-order valence-corrected chi connectivity index (χ0v) is 14.5. The third kappa shape index (κ3) is 2.88. The van der Waals surface area contributed by atoms with Crippen LogP contribution in [0, 0.1) is 5.92 Å². The first-order valence-electron chi connectivity index (χ1n) is 9.35. The first kappa shape index (κ1) is 16.2. The van der Waals surface area contributed by atoms with Gasteiger partial charge < -0.3 is 14.4 Å². The van der Waals surface area contributed by atoms with Gasteiger partial charge in [-0.15, -0.1) is 0 Å². The minimum atomic E-state index is -0.867. The summed E-state index contributed by atoms with van der Waals surface area (Å²) in [6.07, 6.45) is 7.45. The van der Waals surface area contributed by atoms with Crippen molar-refractivity contribution in [2.45, 2.75) is 63.1 Å². The van der Waals surface area contributed by atoms with Crippen molar-refractivity contribution in [1.29, 1.82) is 0 Å². The molecule has 3 fully saturated rings. The van der Waals surface area contributed by atoms with E-state index in [1.54, 1.807) is 6.26 Å². The second kappa shape index (κ2) is 6.19. The minimum absolute atomic E-state index is 0.266. The fraction of sp³-hybridized carbons (Fsp3) is 0.737. The summed E-state index contributed by atoms with van der Waals surface area (Å²) in [7, 11) is 0. The van der Waals surface area contributed by atoms with Gasteiger partial charge in [-0.05, 0) is 56.6 Å². The van der Waals surface area contributed by atoms with Gasteiger partial charge in [-0.25, -0.2) is 0 Å². The molecule has 3 aliphatic rings. The van der Waals surface area contributed by atoms with Gasteiger partial charge in [0.25, 0.3) is 0 Å². The van der Waals surface area contributed by atoms with E-state index in [-0.39, 0.29) is 18.0 Å². The van der Waals surface area contributed by atoms with Gasteiger partial charge >= 0.3 is 0 Å². The summed E-state index contributed by atoms with van der Waals surface area (Å²) in [5.74, 6) is 1.56. The first-order valence-corrected chi connectivity index (χ1v) is 9.35. The Morgan fingerprint density at radius 2 is 2.08 bits per heavy atom. The van der Waals surface area contributed by atoms with Crippen LogP contribution in [0.25, 0.3) is 0 Å². The minimum Gasteiger partial charge on any atom is -0.466 e. The van der Waals surface area contributed by atoms with Gasteiger partial charge in [0.2, 0.25) is 5.91 Å². The number of hydrogen-bond donors (Lipinski definition) is 1. The molecule has 0 aromatic carbocycles. The summed E-state index contributed by atoms with van der Waals surface area (Å²) in [6, 6.07) is 4.27. The van der Waals surface area contributed by atoms with Crippen LogP contribution in [-0.4, -0.2) is 52.5 Å². The van der Waals surface area contributed by atoms with E-state index in [2.05, 4.69) is 11.8 Å². The van der Waals surface area contributed by atoms with Crippen LogP contribution in [0.4, 0.5) is 0 Å². The molecule has 1 N–H and O–H groups in total. The molecule has 0 spiro atoms. The molecule has 3 saturated heterocycles. The first-order chi connectivity index (χ1) is 11.5. The number of amides is 1. The lowest BCUT2D eigenvalue weighted by molar-refractivity contribution is -0.138. The highest BCUT2D eigenvalue weighted by molar-refractivity contribution is 5.78. The summed E-state index contributed by atoms with van der Waals surface area (Å²) < 4.78 is 5.48. The highest BCUT2D eigenvalue weighted by Gasteiger charge is 2.50. The van der Waals surface area contributed by atoms with Crippen molar-refractivity contribution in [3.63, 3.8) is 0 Å². The van der Waals surface area contributed by atoms with Gasteiger partial charge in [0, 0.05) is 25.2 Å². The molecule has 0 unspecified atom stereocenters. The lowest BCUT2D eigenvalue weighted by atomic mass is 9.84. The summed E-state index contributed by atoms with van der Waals surface area (Å²) >= 11 is 0. The quantitative estimate of drug-likeness (QED) is 0.923. The maximum Gasteiger partial charge on any atom is 0.236 e. The van der Waals surface area contributed by atoms with Crippen molar-refractivity contribution in [2.75, 3.05) is 19.6 Å². The second-order valence-electron chi connectivity index (χ2n) is 8.06. The van der Waals surface area contributed by atoms with Crippen LogP contribution in [0.5, 0.6) is 0 Å². The molecule has 0 radical (unpaired) electrons. The Balaban J connectivity index is 1.42. The molecule has 3 atom stereocenters. The van der Waals surface area contributed by atoms with Crippen LogP contribution in [0.1, 0.15) is 51.2 Å². The van der Waals surface area contributed by atoms with E-state index in [0.717, 1.165) is 32.4 Å². The van der Waals surface area contributed by atoms with Gasteiger partial charge in [-0.3, -0.25) is 9.69 Å². The standard InChI is InChI=1S/C19H28N2O3/c1-14-4-2-8-20(12-14)18(22)13-21-15-6-7-16(21)11-19(23,10-15)17-5-3-9-24-17/h3,5,9,14-16,23H,2,4,6-8,10-13H2,1H3/t14-,15+,16+/m0/s1. The Hall–Kier alpha value is -1.33. The Morgan fingerprint density at radius 3 is 2.71 bits per heavy atom. The molecular formula is C19H28N2O3. The highest BCUT2D eigenvalue weighted by atomic mass is 16.4. The molecule has 4 rings (SSSR count). The maximum absolute atomic E-state index is 12.7. The number of rotatable bonds is 3. The molecule has 0 saturated carbocycles. The molecule has 0 aliphatic carbocycles. The number of furan rings is 1. The molecular weight excluding hydrogens is 304 g/mol. The molecule has 5 nitrogen and oxygen atoms in total.